The zero-order valence-corrected chi connectivity index (χ0v) is 12.8. The van der Waals surface area contributed by atoms with Crippen LogP contribution in [0.5, 0.6) is 0 Å². The number of nitrogens with zero attached hydrogens (tertiary/aromatic N) is 2. The van der Waals surface area contributed by atoms with Crippen molar-refractivity contribution in [2.75, 3.05) is 6.54 Å². The van der Waals surface area contributed by atoms with Crippen molar-refractivity contribution in [3.8, 4) is 0 Å². The Kier molecular flexibility index (Phi) is 3.84. The number of aromatic nitrogens is 1. The Morgan fingerprint density at radius 3 is 2.54 bits per heavy atom. The number of amides is 3. The zero-order chi connectivity index (χ0) is 17.3. The molecule has 122 valence electrons. The van der Waals surface area contributed by atoms with E-state index in [0.29, 0.717) is 5.69 Å². The quantitative estimate of drug-likeness (QED) is 0.687. The lowest BCUT2D eigenvalue weighted by Gasteiger charge is -2.20. The van der Waals surface area contributed by atoms with E-state index < -0.39 is 35.6 Å². The van der Waals surface area contributed by atoms with Crippen LogP contribution in [0.25, 0.3) is 0 Å². The Balaban J connectivity index is 1.82. The third-order valence-corrected chi connectivity index (χ3v) is 3.92. The number of nitrogens with one attached hydrogen (secondary N) is 1. The normalized spacial score (nSPS) is 20.2. The number of pyridine rings is 1. The van der Waals surface area contributed by atoms with Crippen molar-refractivity contribution in [2.24, 2.45) is 0 Å². The van der Waals surface area contributed by atoms with E-state index in [1.54, 1.807) is 18.2 Å². The Labute approximate surface area is 137 Å². The summed E-state index contributed by atoms with van der Waals surface area (Å²) >= 11 is 0. The lowest BCUT2D eigenvalue weighted by atomic mass is 9.97. The van der Waals surface area contributed by atoms with Crippen molar-refractivity contribution in [3.63, 3.8) is 0 Å². The molecule has 2 aromatic rings. The second-order valence-corrected chi connectivity index (χ2v) is 5.59. The number of benzene rings is 1. The van der Waals surface area contributed by atoms with Gasteiger partial charge in [-0.05, 0) is 43.3 Å². The van der Waals surface area contributed by atoms with Crippen LogP contribution in [-0.4, -0.2) is 34.2 Å². The summed E-state index contributed by atoms with van der Waals surface area (Å²) in [5.74, 6) is -1.48. The maximum atomic E-state index is 12.9. The Bertz CT molecular complexity index is 808. The van der Waals surface area contributed by atoms with Crippen LogP contribution in [0.1, 0.15) is 23.0 Å². The van der Waals surface area contributed by atoms with E-state index in [-0.39, 0.29) is 5.56 Å². The van der Waals surface area contributed by atoms with Gasteiger partial charge in [0.05, 0.1) is 12.2 Å². The Morgan fingerprint density at radius 1 is 1.21 bits per heavy atom. The molecule has 1 saturated heterocycles. The number of Topliss-reactive ketones (excluding diaryl/α,β-unsaturated/α-hetero) is 1. The van der Waals surface area contributed by atoms with Gasteiger partial charge in [-0.15, -0.1) is 0 Å². The first kappa shape index (κ1) is 15.8. The molecule has 0 radical (unpaired) electrons. The predicted molar refractivity (Wildman–Crippen MR) is 82.6 cm³/mol. The molecule has 0 bridgehead atoms. The topological polar surface area (TPSA) is 79.4 Å². The molecule has 3 amide bonds. The molecule has 1 N–H and O–H groups in total. The van der Waals surface area contributed by atoms with Gasteiger partial charge in [0.1, 0.15) is 5.82 Å². The van der Waals surface area contributed by atoms with Crippen molar-refractivity contribution in [2.45, 2.75) is 12.5 Å². The third kappa shape index (κ3) is 2.64. The molecule has 7 heteroatoms. The largest absolute Gasteiger partial charge is 0.325 e. The van der Waals surface area contributed by atoms with Gasteiger partial charge in [-0.2, -0.15) is 0 Å². The predicted octanol–water partition coefficient (Wildman–Crippen LogP) is 1.87. The smallest absolute Gasteiger partial charge is 0.318 e. The van der Waals surface area contributed by atoms with Crippen molar-refractivity contribution < 1.29 is 18.8 Å². The van der Waals surface area contributed by atoms with Crippen LogP contribution in [0.15, 0.2) is 48.7 Å². The molecule has 1 aromatic carbocycles. The molecule has 1 aliphatic heterocycles. The van der Waals surface area contributed by atoms with Gasteiger partial charge in [0.2, 0.25) is 0 Å². The van der Waals surface area contributed by atoms with Gasteiger partial charge in [0.25, 0.3) is 5.91 Å². The minimum absolute atomic E-state index is 0.225. The second kappa shape index (κ2) is 5.84. The molecule has 2 heterocycles. The van der Waals surface area contributed by atoms with Crippen molar-refractivity contribution in [1.29, 1.82) is 0 Å². The summed E-state index contributed by atoms with van der Waals surface area (Å²) in [4.78, 5) is 42.0. The second-order valence-electron chi connectivity index (χ2n) is 5.59. The average Bonchev–Trinajstić information content (AvgIpc) is 2.80. The number of halogens is 1. The van der Waals surface area contributed by atoms with E-state index in [2.05, 4.69) is 10.3 Å². The fourth-order valence-corrected chi connectivity index (χ4v) is 2.54. The van der Waals surface area contributed by atoms with E-state index in [1.807, 2.05) is 0 Å². The van der Waals surface area contributed by atoms with Gasteiger partial charge >= 0.3 is 6.03 Å². The fourth-order valence-electron chi connectivity index (χ4n) is 2.54. The summed E-state index contributed by atoms with van der Waals surface area (Å²) in [5.41, 5.74) is -0.704. The fraction of sp³-hybridized carbons (Fsp3) is 0.176. The highest BCUT2D eigenvalue weighted by Crippen LogP contribution is 2.27. The maximum absolute atomic E-state index is 12.9. The summed E-state index contributed by atoms with van der Waals surface area (Å²) in [5, 5.41) is 2.58. The highest BCUT2D eigenvalue weighted by molar-refractivity contribution is 6.11. The Hall–Kier alpha value is -3.09. The standard InChI is InChI=1S/C17H14FN3O3/c1-17(14-4-2-3-9-19-14)15(23)21(16(24)20-17)10-13(22)11-5-7-12(18)8-6-11/h2-9H,10H2,1H3,(H,20,24). The molecule has 0 spiro atoms. The molecule has 1 fully saturated rings. The van der Waals surface area contributed by atoms with Crippen LogP contribution >= 0.6 is 0 Å². The summed E-state index contributed by atoms with van der Waals surface area (Å²) < 4.78 is 12.9. The lowest BCUT2D eigenvalue weighted by Crippen LogP contribution is -2.42. The first-order valence-corrected chi connectivity index (χ1v) is 7.26. The van der Waals surface area contributed by atoms with Crippen LogP contribution in [-0.2, 0) is 10.3 Å². The van der Waals surface area contributed by atoms with E-state index in [4.69, 9.17) is 0 Å². The maximum Gasteiger partial charge on any atom is 0.325 e. The average molecular weight is 327 g/mol. The summed E-state index contributed by atoms with van der Waals surface area (Å²) in [6.07, 6.45) is 1.52. The summed E-state index contributed by atoms with van der Waals surface area (Å²) in [7, 11) is 0. The van der Waals surface area contributed by atoms with Crippen LogP contribution in [0.2, 0.25) is 0 Å². The van der Waals surface area contributed by atoms with Crippen LogP contribution in [0.4, 0.5) is 9.18 Å². The molecule has 1 aromatic heterocycles. The summed E-state index contributed by atoms with van der Waals surface area (Å²) in [6, 6.07) is 9.30. The van der Waals surface area contributed by atoms with Gasteiger partial charge in [-0.3, -0.25) is 19.5 Å². The molecule has 1 atom stereocenters. The number of urea groups is 1. The number of carbonyl (C=O) groups excluding carboxylic acids is 3. The number of imide groups is 1. The lowest BCUT2D eigenvalue weighted by molar-refractivity contribution is -0.130. The highest BCUT2D eigenvalue weighted by Gasteiger charge is 2.50. The monoisotopic (exact) mass is 327 g/mol. The first-order chi connectivity index (χ1) is 11.4. The molecular weight excluding hydrogens is 313 g/mol. The van der Waals surface area contributed by atoms with Crippen molar-refractivity contribution in [1.82, 2.24) is 15.2 Å². The number of carbonyl (C=O) groups is 3. The minimum atomic E-state index is -1.32. The molecule has 1 aliphatic rings. The van der Waals surface area contributed by atoms with E-state index >= 15 is 0 Å². The number of hydrogen-bond acceptors (Lipinski definition) is 4. The van der Waals surface area contributed by atoms with Gasteiger partial charge in [0, 0.05) is 11.8 Å². The zero-order valence-electron chi connectivity index (χ0n) is 12.8. The molecule has 1 unspecified atom stereocenters. The van der Waals surface area contributed by atoms with Gasteiger partial charge in [-0.1, -0.05) is 6.07 Å². The molecule has 0 aliphatic carbocycles. The molecule has 3 rings (SSSR count). The van der Waals surface area contributed by atoms with E-state index in [1.165, 1.54) is 25.3 Å². The SMILES string of the molecule is CC1(c2ccccn2)NC(=O)N(CC(=O)c2ccc(F)cc2)C1=O. The number of hydrogen-bond donors (Lipinski definition) is 1. The highest BCUT2D eigenvalue weighted by atomic mass is 19.1. The molecule has 24 heavy (non-hydrogen) atoms. The van der Waals surface area contributed by atoms with Gasteiger partial charge in [0.15, 0.2) is 11.3 Å². The van der Waals surface area contributed by atoms with Crippen molar-refractivity contribution >= 4 is 17.7 Å². The van der Waals surface area contributed by atoms with Gasteiger partial charge in [-0.25, -0.2) is 9.18 Å². The van der Waals surface area contributed by atoms with Gasteiger partial charge < -0.3 is 5.32 Å². The molecule has 0 saturated carbocycles. The van der Waals surface area contributed by atoms with Crippen LogP contribution in [0, 0.1) is 5.82 Å². The van der Waals surface area contributed by atoms with Crippen LogP contribution < -0.4 is 5.32 Å². The van der Waals surface area contributed by atoms with E-state index in [9.17, 15) is 18.8 Å². The minimum Gasteiger partial charge on any atom is -0.318 e. The first-order valence-electron chi connectivity index (χ1n) is 7.26. The van der Waals surface area contributed by atoms with Crippen LogP contribution in [0.3, 0.4) is 0 Å². The molecule has 6 nitrogen and oxygen atoms in total. The third-order valence-electron chi connectivity index (χ3n) is 3.92. The van der Waals surface area contributed by atoms with Crippen molar-refractivity contribution in [3.05, 3.63) is 65.7 Å². The summed E-state index contributed by atoms with van der Waals surface area (Å²) in [6.45, 7) is 1.12. The van der Waals surface area contributed by atoms with E-state index in [0.717, 1.165) is 17.0 Å². The number of ketones is 1. The number of rotatable bonds is 4. The molecular formula is C17H14FN3O3. The Morgan fingerprint density at radius 2 is 1.92 bits per heavy atom.